The predicted molar refractivity (Wildman–Crippen MR) is 61.8 cm³/mol. The summed E-state index contributed by atoms with van der Waals surface area (Å²) in [4.78, 5) is 0. The minimum absolute atomic E-state index is 0.446. The third kappa shape index (κ3) is 2.59. The lowest BCUT2D eigenvalue weighted by Gasteiger charge is -2.08. The van der Waals surface area contributed by atoms with Gasteiger partial charge in [-0.2, -0.15) is 0 Å². The molecule has 1 atom stereocenters. The molecule has 0 aromatic heterocycles. The third-order valence-electron chi connectivity index (χ3n) is 2.03. The molecule has 0 aliphatic rings. The van der Waals surface area contributed by atoms with Crippen molar-refractivity contribution in [2.75, 3.05) is 5.73 Å². The van der Waals surface area contributed by atoms with Gasteiger partial charge in [-0.1, -0.05) is 25.1 Å². The molecule has 0 saturated heterocycles. The first-order chi connectivity index (χ1) is 6.15. The monoisotopic (exact) mass is 239 g/mol. The Morgan fingerprint density at radius 3 is 2.69 bits per heavy atom. The van der Waals surface area contributed by atoms with E-state index in [1.54, 1.807) is 0 Å². The van der Waals surface area contributed by atoms with Gasteiger partial charge in [0.15, 0.2) is 0 Å². The van der Waals surface area contributed by atoms with Gasteiger partial charge in [-0.25, -0.2) is 0 Å². The van der Waals surface area contributed by atoms with Crippen LogP contribution < -0.4 is 5.73 Å². The molecule has 1 aromatic rings. The van der Waals surface area contributed by atoms with E-state index in [1.807, 2.05) is 13.0 Å². The number of nitrogen functional groups attached to an aromatic ring is 1. The maximum atomic E-state index is 5.70. The van der Waals surface area contributed by atoms with Crippen LogP contribution in [0.3, 0.4) is 0 Å². The molecule has 1 nitrogen and oxygen atoms in total. The standard InChI is InChI=1S/C11H14BrN/c1-3-4-8(2)9-5-6-11(13)10(12)7-9/h3-8H,13H2,1-2H3/b4-3+. The average Bonchev–Trinajstić information content (AvgIpc) is 2.10. The number of anilines is 1. The van der Waals surface area contributed by atoms with E-state index in [0.29, 0.717) is 5.92 Å². The zero-order valence-corrected chi connectivity index (χ0v) is 9.51. The van der Waals surface area contributed by atoms with Gasteiger partial charge < -0.3 is 5.73 Å². The fourth-order valence-electron chi connectivity index (χ4n) is 1.23. The van der Waals surface area contributed by atoms with Gasteiger partial charge in [-0.05, 0) is 46.5 Å². The molecular weight excluding hydrogens is 226 g/mol. The van der Waals surface area contributed by atoms with Crippen molar-refractivity contribution >= 4 is 21.6 Å². The Morgan fingerprint density at radius 2 is 2.15 bits per heavy atom. The van der Waals surface area contributed by atoms with Crippen LogP contribution in [0.5, 0.6) is 0 Å². The molecule has 0 aliphatic carbocycles. The highest BCUT2D eigenvalue weighted by molar-refractivity contribution is 9.10. The largest absolute Gasteiger partial charge is 0.398 e. The van der Waals surface area contributed by atoms with Crippen molar-refractivity contribution in [2.24, 2.45) is 0 Å². The Hall–Kier alpha value is -0.760. The summed E-state index contributed by atoms with van der Waals surface area (Å²) >= 11 is 3.42. The van der Waals surface area contributed by atoms with Crippen molar-refractivity contribution in [3.05, 3.63) is 40.4 Å². The summed E-state index contributed by atoms with van der Waals surface area (Å²) in [6.45, 7) is 4.20. The first-order valence-corrected chi connectivity index (χ1v) is 5.12. The first kappa shape index (κ1) is 10.3. The van der Waals surface area contributed by atoms with Gasteiger partial charge in [0.2, 0.25) is 0 Å². The molecule has 13 heavy (non-hydrogen) atoms. The summed E-state index contributed by atoms with van der Waals surface area (Å²) < 4.78 is 0.973. The number of hydrogen-bond donors (Lipinski definition) is 1. The molecule has 1 aromatic carbocycles. The minimum Gasteiger partial charge on any atom is -0.398 e. The molecule has 1 rings (SSSR count). The summed E-state index contributed by atoms with van der Waals surface area (Å²) in [7, 11) is 0. The van der Waals surface area contributed by atoms with Gasteiger partial charge in [0.05, 0.1) is 0 Å². The zero-order valence-electron chi connectivity index (χ0n) is 7.92. The fourth-order valence-corrected chi connectivity index (χ4v) is 1.62. The predicted octanol–water partition coefficient (Wildman–Crippen LogP) is 3.71. The highest BCUT2D eigenvalue weighted by atomic mass is 79.9. The highest BCUT2D eigenvalue weighted by Crippen LogP contribution is 2.25. The molecule has 0 saturated carbocycles. The Morgan fingerprint density at radius 1 is 1.46 bits per heavy atom. The van der Waals surface area contributed by atoms with Crippen molar-refractivity contribution < 1.29 is 0 Å². The van der Waals surface area contributed by atoms with Crippen LogP contribution >= 0.6 is 15.9 Å². The average molecular weight is 240 g/mol. The quantitative estimate of drug-likeness (QED) is 0.618. The van der Waals surface area contributed by atoms with E-state index in [9.17, 15) is 0 Å². The molecule has 1 unspecified atom stereocenters. The summed E-state index contributed by atoms with van der Waals surface area (Å²) in [6, 6.07) is 6.06. The smallest absolute Gasteiger partial charge is 0.0458 e. The van der Waals surface area contributed by atoms with E-state index in [1.165, 1.54) is 5.56 Å². The van der Waals surface area contributed by atoms with Crippen LogP contribution in [0.4, 0.5) is 5.69 Å². The lowest BCUT2D eigenvalue weighted by Crippen LogP contribution is -1.92. The molecule has 0 fully saturated rings. The van der Waals surface area contributed by atoms with Crippen LogP contribution in [0.15, 0.2) is 34.8 Å². The SMILES string of the molecule is C/C=C/C(C)c1ccc(N)c(Br)c1. The van der Waals surface area contributed by atoms with Crippen molar-refractivity contribution in [3.63, 3.8) is 0 Å². The maximum absolute atomic E-state index is 5.70. The number of rotatable bonds is 2. The lowest BCUT2D eigenvalue weighted by atomic mass is 10.0. The Balaban J connectivity index is 2.96. The van der Waals surface area contributed by atoms with E-state index in [2.05, 4.69) is 47.1 Å². The normalized spacial score (nSPS) is 13.5. The van der Waals surface area contributed by atoms with Crippen molar-refractivity contribution in [1.29, 1.82) is 0 Å². The molecule has 70 valence electrons. The van der Waals surface area contributed by atoms with Gasteiger partial charge in [-0.15, -0.1) is 0 Å². The van der Waals surface area contributed by atoms with Crippen LogP contribution in [0.25, 0.3) is 0 Å². The Kier molecular flexibility index (Phi) is 3.55. The Bertz CT molecular complexity index is 318. The molecular formula is C11H14BrN. The van der Waals surface area contributed by atoms with E-state index < -0.39 is 0 Å². The van der Waals surface area contributed by atoms with Crippen molar-refractivity contribution in [2.45, 2.75) is 19.8 Å². The second kappa shape index (κ2) is 4.47. The molecule has 0 heterocycles. The van der Waals surface area contributed by atoms with Gasteiger partial charge in [-0.3, -0.25) is 0 Å². The third-order valence-corrected chi connectivity index (χ3v) is 2.72. The fraction of sp³-hybridized carbons (Fsp3) is 0.273. The second-order valence-corrected chi connectivity index (χ2v) is 3.95. The van der Waals surface area contributed by atoms with Gasteiger partial charge in [0.25, 0.3) is 0 Å². The maximum Gasteiger partial charge on any atom is 0.0458 e. The molecule has 2 heteroatoms. The number of nitrogens with two attached hydrogens (primary N) is 1. The molecule has 0 bridgehead atoms. The van der Waals surface area contributed by atoms with E-state index in [0.717, 1.165) is 10.2 Å². The number of benzene rings is 1. The summed E-state index contributed by atoms with van der Waals surface area (Å²) in [6.07, 6.45) is 4.23. The lowest BCUT2D eigenvalue weighted by molar-refractivity contribution is 0.964. The van der Waals surface area contributed by atoms with Crippen LogP contribution in [-0.4, -0.2) is 0 Å². The highest BCUT2D eigenvalue weighted by Gasteiger charge is 2.02. The second-order valence-electron chi connectivity index (χ2n) is 3.10. The van der Waals surface area contributed by atoms with Crippen LogP contribution in [-0.2, 0) is 0 Å². The van der Waals surface area contributed by atoms with Crippen LogP contribution in [0.1, 0.15) is 25.3 Å². The topological polar surface area (TPSA) is 26.0 Å². The number of allylic oxidation sites excluding steroid dienone is 2. The number of hydrogen-bond acceptors (Lipinski definition) is 1. The molecule has 0 aliphatic heterocycles. The molecule has 0 radical (unpaired) electrons. The minimum atomic E-state index is 0.446. The van der Waals surface area contributed by atoms with Gasteiger partial charge in [0.1, 0.15) is 0 Å². The van der Waals surface area contributed by atoms with E-state index >= 15 is 0 Å². The van der Waals surface area contributed by atoms with Gasteiger partial charge >= 0.3 is 0 Å². The van der Waals surface area contributed by atoms with Crippen molar-refractivity contribution in [1.82, 2.24) is 0 Å². The van der Waals surface area contributed by atoms with E-state index in [-0.39, 0.29) is 0 Å². The molecule has 0 amide bonds. The molecule has 2 N–H and O–H groups in total. The summed E-state index contributed by atoms with van der Waals surface area (Å²) in [5, 5.41) is 0. The van der Waals surface area contributed by atoms with E-state index in [4.69, 9.17) is 5.73 Å². The summed E-state index contributed by atoms with van der Waals surface area (Å²) in [5.41, 5.74) is 7.76. The van der Waals surface area contributed by atoms with Crippen molar-refractivity contribution in [3.8, 4) is 0 Å². The Labute approximate surface area is 87.8 Å². The summed E-state index contributed by atoms with van der Waals surface area (Å²) in [5.74, 6) is 0.446. The zero-order chi connectivity index (χ0) is 9.84. The number of halogens is 1. The molecule has 0 spiro atoms. The van der Waals surface area contributed by atoms with Crippen LogP contribution in [0.2, 0.25) is 0 Å². The first-order valence-electron chi connectivity index (χ1n) is 4.33. The van der Waals surface area contributed by atoms with Crippen LogP contribution in [0, 0.1) is 0 Å². The van der Waals surface area contributed by atoms with Gasteiger partial charge in [0, 0.05) is 10.2 Å².